The summed E-state index contributed by atoms with van der Waals surface area (Å²) in [5.41, 5.74) is 2.57. The summed E-state index contributed by atoms with van der Waals surface area (Å²) in [6.07, 6.45) is 3.18. The second kappa shape index (κ2) is 6.02. The van der Waals surface area contributed by atoms with Crippen molar-refractivity contribution in [3.05, 3.63) is 48.3 Å². The van der Waals surface area contributed by atoms with Gasteiger partial charge in [-0.25, -0.2) is 4.68 Å². The van der Waals surface area contributed by atoms with E-state index in [2.05, 4.69) is 49.4 Å². The van der Waals surface area contributed by atoms with Crippen LogP contribution in [-0.4, -0.2) is 16.3 Å². The molecule has 2 rings (SSSR count). The van der Waals surface area contributed by atoms with E-state index in [0.717, 1.165) is 24.5 Å². The first-order valence-electron chi connectivity index (χ1n) is 6.85. The Bertz CT molecular complexity index is 494. The molecule has 3 nitrogen and oxygen atoms in total. The number of aromatic nitrogens is 2. The van der Waals surface area contributed by atoms with E-state index in [4.69, 9.17) is 0 Å². The Kier molecular flexibility index (Phi) is 4.38. The summed E-state index contributed by atoms with van der Waals surface area (Å²) >= 11 is 0. The molecule has 0 atom stereocenters. The van der Waals surface area contributed by atoms with Crippen LogP contribution in [0.2, 0.25) is 0 Å². The van der Waals surface area contributed by atoms with Crippen molar-refractivity contribution < 1.29 is 0 Å². The van der Waals surface area contributed by atoms with Crippen LogP contribution in [0.25, 0.3) is 5.69 Å². The zero-order valence-corrected chi connectivity index (χ0v) is 12.1. The molecule has 1 N–H and O–H groups in total. The molecule has 19 heavy (non-hydrogen) atoms. The van der Waals surface area contributed by atoms with Gasteiger partial charge in [-0.2, -0.15) is 5.10 Å². The minimum atomic E-state index is 0.385. The maximum atomic E-state index is 4.57. The van der Waals surface area contributed by atoms with E-state index in [1.807, 2.05) is 29.1 Å². The highest BCUT2D eigenvalue weighted by atomic mass is 15.3. The van der Waals surface area contributed by atoms with E-state index >= 15 is 0 Å². The Morgan fingerprint density at radius 2 is 1.84 bits per heavy atom. The van der Waals surface area contributed by atoms with Crippen molar-refractivity contribution >= 4 is 0 Å². The number of hydrogen-bond donors (Lipinski definition) is 1. The zero-order valence-electron chi connectivity index (χ0n) is 12.1. The molecular weight excluding hydrogens is 234 g/mol. The third kappa shape index (κ3) is 4.52. The predicted octanol–water partition coefficient (Wildman–Crippen LogP) is 3.40. The minimum absolute atomic E-state index is 0.385. The standard InChI is InChI=1S/C16H23N3/c1-16(2,3)10-11-17-13-14-9-12-19(18-14)15-7-5-4-6-8-15/h4-9,12,17H,10-11,13H2,1-3H3. The van der Waals surface area contributed by atoms with Crippen LogP contribution >= 0.6 is 0 Å². The molecule has 0 aliphatic rings. The normalized spacial score (nSPS) is 11.7. The third-order valence-electron chi connectivity index (χ3n) is 3.02. The second-order valence-electron chi connectivity index (χ2n) is 6.07. The van der Waals surface area contributed by atoms with Crippen molar-refractivity contribution in [3.63, 3.8) is 0 Å². The molecule has 0 radical (unpaired) electrons. The molecule has 0 saturated carbocycles. The Morgan fingerprint density at radius 1 is 1.11 bits per heavy atom. The lowest BCUT2D eigenvalue weighted by atomic mass is 9.92. The molecule has 2 aromatic rings. The van der Waals surface area contributed by atoms with Gasteiger partial charge in [0.05, 0.1) is 11.4 Å². The first-order valence-corrected chi connectivity index (χ1v) is 6.85. The Balaban J connectivity index is 1.85. The molecule has 0 fully saturated rings. The smallest absolute Gasteiger partial charge is 0.0766 e. The van der Waals surface area contributed by atoms with Crippen molar-refractivity contribution in [2.45, 2.75) is 33.7 Å². The van der Waals surface area contributed by atoms with Gasteiger partial charge < -0.3 is 5.32 Å². The number of para-hydroxylation sites is 1. The average molecular weight is 257 g/mol. The molecule has 0 aliphatic heterocycles. The van der Waals surface area contributed by atoms with E-state index < -0.39 is 0 Å². The van der Waals surface area contributed by atoms with Gasteiger partial charge in [0.15, 0.2) is 0 Å². The number of hydrogen-bond acceptors (Lipinski definition) is 2. The van der Waals surface area contributed by atoms with Crippen molar-refractivity contribution in [1.29, 1.82) is 0 Å². The lowest BCUT2D eigenvalue weighted by Gasteiger charge is -2.17. The summed E-state index contributed by atoms with van der Waals surface area (Å²) in [5, 5.41) is 8.02. The van der Waals surface area contributed by atoms with Gasteiger partial charge in [-0.3, -0.25) is 0 Å². The van der Waals surface area contributed by atoms with Crippen molar-refractivity contribution in [3.8, 4) is 5.69 Å². The predicted molar refractivity (Wildman–Crippen MR) is 79.3 cm³/mol. The first-order chi connectivity index (χ1) is 9.04. The fourth-order valence-electron chi connectivity index (χ4n) is 1.86. The van der Waals surface area contributed by atoms with Gasteiger partial charge in [-0.1, -0.05) is 39.0 Å². The van der Waals surface area contributed by atoms with Crippen LogP contribution in [0.3, 0.4) is 0 Å². The summed E-state index contributed by atoms with van der Waals surface area (Å²) < 4.78 is 1.92. The number of nitrogens with zero attached hydrogens (tertiary/aromatic N) is 2. The molecular formula is C16H23N3. The summed E-state index contributed by atoms with van der Waals surface area (Å²) in [6.45, 7) is 8.65. The van der Waals surface area contributed by atoms with Crippen LogP contribution in [0.1, 0.15) is 32.9 Å². The number of nitrogens with one attached hydrogen (secondary N) is 1. The molecule has 1 aromatic heterocycles. The Hall–Kier alpha value is -1.61. The molecule has 3 heteroatoms. The van der Waals surface area contributed by atoms with Crippen LogP contribution in [0, 0.1) is 5.41 Å². The van der Waals surface area contributed by atoms with Crippen molar-refractivity contribution in [2.75, 3.05) is 6.54 Å². The molecule has 0 unspecified atom stereocenters. The summed E-state index contributed by atoms with van der Waals surface area (Å²) in [4.78, 5) is 0. The average Bonchev–Trinajstić information content (AvgIpc) is 2.83. The van der Waals surface area contributed by atoms with E-state index in [1.165, 1.54) is 6.42 Å². The third-order valence-corrected chi connectivity index (χ3v) is 3.02. The van der Waals surface area contributed by atoms with Crippen molar-refractivity contribution in [2.24, 2.45) is 5.41 Å². The quantitative estimate of drug-likeness (QED) is 0.832. The maximum absolute atomic E-state index is 4.57. The fraction of sp³-hybridized carbons (Fsp3) is 0.438. The topological polar surface area (TPSA) is 29.9 Å². The molecule has 1 aromatic carbocycles. The highest BCUT2D eigenvalue weighted by Crippen LogP contribution is 2.17. The van der Waals surface area contributed by atoms with Crippen LogP contribution in [0.4, 0.5) is 0 Å². The van der Waals surface area contributed by atoms with Gasteiger partial charge in [-0.05, 0) is 36.6 Å². The van der Waals surface area contributed by atoms with E-state index in [1.54, 1.807) is 0 Å². The summed E-state index contributed by atoms with van der Waals surface area (Å²) in [5.74, 6) is 0. The molecule has 102 valence electrons. The molecule has 0 spiro atoms. The SMILES string of the molecule is CC(C)(C)CCNCc1ccn(-c2ccccc2)n1. The van der Waals surface area contributed by atoms with Crippen LogP contribution in [0.5, 0.6) is 0 Å². The Morgan fingerprint density at radius 3 is 2.53 bits per heavy atom. The summed E-state index contributed by atoms with van der Waals surface area (Å²) in [6, 6.07) is 12.3. The van der Waals surface area contributed by atoms with Gasteiger partial charge in [-0.15, -0.1) is 0 Å². The van der Waals surface area contributed by atoms with Gasteiger partial charge in [0.2, 0.25) is 0 Å². The van der Waals surface area contributed by atoms with Gasteiger partial charge in [0.1, 0.15) is 0 Å². The highest BCUT2D eigenvalue weighted by molar-refractivity contribution is 5.30. The molecule has 0 saturated heterocycles. The Labute approximate surface area is 115 Å². The second-order valence-corrected chi connectivity index (χ2v) is 6.07. The highest BCUT2D eigenvalue weighted by Gasteiger charge is 2.09. The monoisotopic (exact) mass is 257 g/mol. The van der Waals surface area contributed by atoms with Gasteiger partial charge >= 0.3 is 0 Å². The maximum Gasteiger partial charge on any atom is 0.0766 e. The van der Waals surface area contributed by atoms with Crippen LogP contribution < -0.4 is 5.32 Å². The van der Waals surface area contributed by atoms with E-state index in [-0.39, 0.29) is 0 Å². The van der Waals surface area contributed by atoms with E-state index in [9.17, 15) is 0 Å². The molecule has 0 bridgehead atoms. The largest absolute Gasteiger partial charge is 0.311 e. The van der Waals surface area contributed by atoms with Crippen molar-refractivity contribution in [1.82, 2.24) is 15.1 Å². The first kappa shape index (κ1) is 13.8. The molecule has 1 heterocycles. The summed E-state index contributed by atoms with van der Waals surface area (Å²) in [7, 11) is 0. The molecule has 0 aliphatic carbocycles. The number of rotatable bonds is 5. The fourth-order valence-corrected chi connectivity index (χ4v) is 1.86. The van der Waals surface area contributed by atoms with Gasteiger partial charge in [0, 0.05) is 12.7 Å². The minimum Gasteiger partial charge on any atom is -0.311 e. The van der Waals surface area contributed by atoms with Crippen LogP contribution in [-0.2, 0) is 6.54 Å². The lowest BCUT2D eigenvalue weighted by Crippen LogP contribution is -2.20. The lowest BCUT2D eigenvalue weighted by molar-refractivity contribution is 0.366. The van der Waals surface area contributed by atoms with E-state index in [0.29, 0.717) is 5.41 Å². The van der Waals surface area contributed by atoms with Gasteiger partial charge in [0.25, 0.3) is 0 Å². The van der Waals surface area contributed by atoms with Crippen LogP contribution in [0.15, 0.2) is 42.6 Å². The zero-order chi connectivity index (χ0) is 13.7. The number of benzene rings is 1. The molecule has 0 amide bonds.